The third-order valence-electron chi connectivity index (χ3n) is 3.05. The number of amides is 1. The van der Waals surface area contributed by atoms with Crippen molar-refractivity contribution < 1.29 is 18.7 Å². The first-order chi connectivity index (χ1) is 11.6. The molecule has 24 heavy (non-hydrogen) atoms. The molecule has 0 fully saturated rings. The first-order valence-electron chi connectivity index (χ1n) is 7.62. The summed E-state index contributed by atoms with van der Waals surface area (Å²) in [7, 11) is 0. The van der Waals surface area contributed by atoms with Crippen molar-refractivity contribution in [2.24, 2.45) is 5.10 Å². The number of benzene rings is 2. The summed E-state index contributed by atoms with van der Waals surface area (Å²) in [5.41, 5.74) is 3.47. The van der Waals surface area contributed by atoms with Crippen molar-refractivity contribution in [1.82, 2.24) is 5.43 Å². The molecule has 2 rings (SSSR count). The maximum Gasteiger partial charge on any atom is 0.271 e. The van der Waals surface area contributed by atoms with Crippen LogP contribution in [0.4, 0.5) is 4.39 Å². The smallest absolute Gasteiger partial charge is 0.271 e. The van der Waals surface area contributed by atoms with Gasteiger partial charge in [-0.1, -0.05) is 0 Å². The maximum absolute atomic E-state index is 12.8. The highest BCUT2D eigenvalue weighted by Gasteiger charge is 2.06. The van der Waals surface area contributed by atoms with E-state index in [1.165, 1.54) is 30.5 Å². The van der Waals surface area contributed by atoms with E-state index >= 15 is 0 Å². The number of hydrazone groups is 1. The molecule has 0 saturated heterocycles. The van der Waals surface area contributed by atoms with E-state index in [9.17, 15) is 9.18 Å². The predicted molar refractivity (Wildman–Crippen MR) is 90.2 cm³/mol. The third kappa shape index (κ3) is 4.81. The Labute approximate surface area is 140 Å². The van der Waals surface area contributed by atoms with E-state index in [0.717, 1.165) is 5.56 Å². The van der Waals surface area contributed by atoms with E-state index in [1.54, 1.807) is 18.2 Å². The molecule has 0 aliphatic heterocycles. The van der Waals surface area contributed by atoms with Crippen molar-refractivity contribution in [1.29, 1.82) is 0 Å². The second-order valence-electron chi connectivity index (χ2n) is 4.78. The van der Waals surface area contributed by atoms with Gasteiger partial charge < -0.3 is 9.47 Å². The number of hydrogen-bond acceptors (Lipinski definition) is 4. The zero-order chi connectivity index (χ0) is 17.4. The lowest BCUT2D eigenvalue weighted by Gasteiger charge is -2.11. The third-order valence-corrected chi connectivity index (χ3v) is 3.05. The highest BCUT2D eigenvalue weighted by Crippen LogP contribution is 2.27. The van der Waals surface area contributed by atoms with Gasteiger partial charge in [-0.3, -0.25) is 4.79 Å². The Hall–Kier alpha value is -2.89. The number of halogens is 1. The Morgan fingerprint density at radius 2 is 1.75 bits per heavy atom. The number of nitrogens with zero attached hydrogens (tertiary/aromatic N) is 1. The second-order valence-corrected chi connectivity index (χ2v) is 4.78. The van der Waals surface area contributed by atoms with Crippen LogP contribution < -0.4 is 14.9 Å². The zero-order valence-electron chi connectivity index (χ0n) is 13.6. The minimum atomic E-state index is -0.415. The molecule has 0 aliphatic rings. The van der Waals surface area contributed by atoms with Gasteiger partial charge in [-0.05, 0) is 61.9 Å². The second kappa shape index (κ2) is 8.67. The summed E-state index contributed by atoms with van der Waals surface area (Å²) in [5, 5.41) is 3.90. The van der Waals surface area contributed by atoms with Gasteiger partial charge in [-0.25, -0.2) is 9.82 Å². The minimum absolute atomic E-state index is 0.329. The lowest BCUT2D eigenvalue weighted by atomic mass is 10.2. The molecule has 0 radical (unpaired) electrons. The molecule has 0 spiro atoms. The molecule has 0 saturated carbocycles. The molecule has 2 aromatic carbocycles. The van der Waals surface area contributed by atoms with Crippen LogP contribution in [0, 0.1) is 5.82 Å². The van der Waals surface area contributed by atoms with E-state index < -0.39 is 11.7 Å². The van der Waals surface area contributed by atoms with Crippen LogP contribution in [0.25, 0.3) is 0 Å². The summed E-state index contributed by atoms with van der Waals surface area (Å²) < 4.78 is 23.8. The normalized spacial score (nSPS) is 10.6. The van der Waals surface area contributed by atoms with Crippen molar-refractivity contribution in [3.63, 3.8) is 0 Å². The highest BCUT2D eigenvalue weighted by molar-refractivity contribution is 5.94. The topological polar surface area (TPSA) is 59.9 Å². The fourth-order valence-corrected chi connectivity index (χ4v) is 1.98. The van der Waals surface area contributed by atoms with Crippen LogP contribution in [0.15, 0.2) is 47.6 Å². The molecular weight excluding hydrogens is 311 g/mol. The Bertz CT molecular complexity index is 715. The molecule has 2 aromatic rings. The summed E-state index contributed by atoms with van der Waals surface area (Å²) >= 11 is 0. The number of rotatable bonds is 7. The van der Waals surface area contributed by atoms with Gasteiger partial charge in [0.05, 0.1) is 19.4 Å². The fraction of sp³-hybridized carbons (Fsp3) is 0.222. The van der Waals surface area contributed by atoms with Gasteiger partial charge in [0.2, 0.25) is 0 Å². The number of hydrogen-bond donors (Lipinski definition) is 1. The van der Waals surface area contributed by atoms with Crippen molar-refractivity contribution in [2.45, 2.75) is 13.8 Å². The molecule has 6 heteroatoms. The summed E-state index contributed by atoms with van der Waals surface area (Å²) in [6, 6.07) is 10.6. The van der Waals surface area contributed by atoms with E-state index in [1.807, 2.05) is 13.8 Å². The van der Waals surface area contributed by atoms with Gasteiger partial charge in [0.25, 0.3) is 5.91 Å². The first-order valence-corrected chi connectivity index (χ1v) is 7.62. The van der Waals surface area contributed by atoms with Gasteiger partial charge >= 0.3 is 0 Å². The molecule has 0 aromatic heterocycles. The fourth-order valence-electron chi connectivity index (χ4n) is 1.98. The number of ether oxygens (including phenoxy) is 2. The Morgan fingerprint density at radius 1 is 1.08 bits per heavy atom. The highest BCUT2D eigenvalue weighted by atomic mass is 19.1. The zero-order valence-corrected chi connectivity index (χ0v) is 13.6. The Balaban J connectivity index is 2.04. The van der Waals surface area contributed by atoms with E-state index in [-0.39, 0.29) is 0 Å². The predicted octanol–water partition coefficient (Wildman–Crippen LogP) is 3.39. The molecule has 0 bridgehead atoms. The van der Waals surface area contributed by atoms with Gasteiger partial charge in [-0.2, -0.15) is 5.10 Å². The van der Waals surface area contributed by atoms with E-state index in [4.69, 9.17) is 9.47 Å². The first kappa shape index (κ1) is 17.5. The van der Waals surface area contributed by atoms with Crippen molar-refractivity contribution in [3.05, 3.63) is 59.4 Å². The molecular formula is C18H19FN2O3. The molecule has 126 valence electrons. The molecule has 1 N–H and O–H groups in total. The quantitative estimate of drug-likeness (QED) is 0.625. The van der Waals surface area contributed by atoms with E-state index in [0.29, 0.717) is 30.3 Å². The largest absolute Gasteiger partial charge is 0.490 e. The average Bonchev–Trinajstić information content (AvgIpc) is 2.58. The van der Waals surface area contributed by atoms with Crippen molar-refractivity contribution in [3.8, 4) is 11.5 Å². The summed E-state index contributed by atoms with van der Waals surface area (Å²) in [6.45, 7) is 4.85. The van der Waals surface area contributed by atoms with Crippen LogP contribution in [-0.2, 0) is 0 Å². The Kier molecular flexibility index (Phi) is 6.31. The lowest BCUT2D eigenvalue weighted by molar-refractivity contribution is 0.0955. The summed E-state index contributed by atoms with van der Waals surface area (Å²) in [6.07, 6.45) is 1.50. The molecule has 5 nitrogen and oxygen atoms in total. The minimum Gasteiger partial charge on any atom is -0.490 e. The molecule has 1 amide bonds. The van der Waals surface area contributed by atoms with Crippen LogP contribution >= 0.6 is 0 Å². The van der Waals surface area contributed by atoms with Crippen LogP contribution in [0.1, 0.15) is 29.8 Å². The summed E-state index contributed by atoms with van der Waals surface area (Å²) in [4.78, 5) is 11.9. The van der Waals surface area contributed by atoms with Crippen molar-refractivity contribution >= 4 is 12.1 Å². The maximum atomic E-state index is 12.8. The Morgan fingerprint density at radius 3 is 2.42 bits per heavy atom. The molecule has 0 atom stereocenters. The SMILES string of the molecule is CCOc1ccc(/C=N\NC(=O)c2ccc(F)cc2)cc1OCC. The average molecular weight is 330 g/mol. The van der Waals surface area contributed by atoms with Crippen molar-refractivity contribution in [2.75, 3.05) is 13.2 Å². The van der Waals surface area contributed by atoms with Crippen LogP contribution in [0.5, 0.6) is 11.5 Å². The van der Waals surface area contributed by atoms with Crippen LogP contribution in [0.2, 0.25) is 0 Å². The molecule has 0 unspecified atom stereocenters. The molecule has 0 heterocycles. The number of nitrogens with one attached hydrogen (secondary N) is 1. The number of carbonyl (C=O) groups is 1. The molecule has 0 aliphatic carbocycles. The standard InChI is InChI=1S/C18H19FN2O3/c1-3-23-16-10-5-13(11-17(16)24-4-2)12-20-21-18(22)14-6-8-15(19)9-7-14/h5-12H,3-4H2,1-2H3,(H,21,22)/b20-12-. The van der Waals surface area contributed by atoms with E-state index in [2.05, 4.69) is 10.5 Å². The monoisotopic (exact) mass is 330 g/mol. The van der Waals surface area contributed by atoms with Gasteiger partial charge in [0.15, 0.2) is 11.5 Å². The summed E-state index contributed by atoms with van der Waals surface area (Å²) in [5.74, 6) is 0.468. The lowest BCUT2D eigenvalue weighted by Crippen LogP contribution is -2.17. The van der Waals surface area contributed by atoms with Gasteiger partial charge in [-0.15, -0.1) is 0 Å². The van der Waals surface area contributed by atoms with Crippen LogP contribution in [0.3, 0.4) is 0 Å². The van der Waals surface area contributed by atoms with Gasteiger partial charge in [0, 0.05) is 5.56 Å². The number of carbonyl (C=O) groups excluding carboxylic acids is 1. The van der Waals surface area contributed by atoms with Gasteiger partial charge in [0.1, 0.15) is 5.82 Å². The van der Waals surface area contributed by atoms with Crippen LogP contribution in [-0.4, -0.2) is 25.3 Å².